The summed E-state index contributed by atoms with van der Waals surface area (Å²) in [5.74, 6) is -0.718. The molecule has 0 saturated heterocycles. The molecule has 0 radical (unpaired) electrons. The van der Waals surface area contributed by atoms with Crippen LogP contribution in [-0.2, 0) is 14.8 Å². The zero-order valence-electron chi connectivity index (χ0n) is 14.3. The van der Waals surface area contributed by atoms with Gasteiger partial charge in [0.15, 0.2) is 6.61 Å². The highest BCUT2D eigenvalue weighted by Gasteiger charge is 2.13. The van der Waals surface area contributed by atoms with Crippen molar-refractivity contribution in [2.75, 3.05) is 6.61 Å². The molecule has 0 aliphatic rings. The Morgan fingerprint density at radius 1 is 1.22 bits per heavy atom. The zero-order chi connectivity index (χ0) is 19.4. The minimum atomic E-state index is -3.86. The van der Waals surface area contributed by atoms with Crippen LogP contribution in [-0.4, -0.2) is 30.7 Å². The van der Waals surface area contributed by atoms with Crippen molar-refractivity contribution in [3.05, 3.63) is 70.5 Å². The number of sulfonamides is 1. The van der Waals surface area contributed by atoms with Crippen molar-refractivity contribution < 1.29 is 23.1 Å². The summed E-state index contributed by atoms with van der Waals surface area (Å²) in [4.78, 5) is 11.0. The third-order valence-electron chi connectivity index (χ3n) is 3.56. The van der Waals surface area contributed by atoms with Crippen LogP contribution in [0.1, 0.15) is 5.56 Å². The lowest BCUT2D eigenvalue weighted by Crippen LogP contribution is -2.15. The molecule has 0 fully saturated rings. The van der Waals surface area contributed by atoms with Gasteiger partial charge < -0.3 is 9.84 Å². The van der Waals surface area contributed by atoms with E-state index in [2.05, 4.69) is 4.40 Å². The molecule has 1 N–H and O–H groups in total. The number of carboxylic acid groups (broad SMARTS) is 1. The average Bonchev–Trinajstić information content (AvgIpc) is 3.08. The Morgan fingerprint density at radius 2 is 1.96 bits per heavy atom. The summed E-state index contributed by atoms with van der Waals surface area (Å²) in [6.45, 7) is 1.41. The number of hydrogen-bond donors (Lipinski definition) is 1. The number of nitrogens with zero attached hydrogens (tertiary/aromatic N) is 2. The minimum absolute atomic E-state index is 0.117. The van der Waals surface area contributed by atoms with E-state index in [1.165, 1.54) is 23.5 Å². The van der Waals surface area contributed by atoms with Crippen molar-refractivity contribution in [2.24, 2.45) is 4.40 Å². The van der Waals surface area contributed by atoms with E-state index in [9.17, 15) is 13.2 Å². The number of hydrogen-bond acceptors (Lipinski definition) is 5. The Balaban J connectivity index is 1.99. The monoisotopic (exact) mass is 404 g/mol. The summed E-state index contributed by atoms with van der Waals surface area (Å²) in [5, 5.41) is 10.4. The highest BCUT2D eigenvalue weighted by atomic mass is 32.2. The molecule has 0 aliphatic carbocycles. The second kappa shape index (κ2) is 7.77. The Kier molecular flexibility index (Phi) is 5.43. The number of aryl methyl sites for hydroxylation is 1. The lowest BCUT2D eigenvalue weighted by Gasteiger charge is -2.07. The first kappa shape index (κ1) is 18.9. The average molecular weight is 404 g/mol. The predicted octanol–water partition coefficient (Wildman–Crippen LogP) is 2.60. The maximum absolute atomic E-state index is 12.6. The van der Waals surface area contributed by atoms with Crippen molar-refractivity contribution in [3.63, 3.8) is 0 Å². The van der Waals surface area contributed by atoms with Crippen molar-refractivity contribution in [2.45, 2.75) is 11.8 Å². The SMILES string of the molecule is Cc1ccc(S(=O)(=O)/N=c2\sccn2-c2cccc(OCC(=O)O)c2)cc1. The van der Waals surface area contributed by atoms with Crippen LogP contribution in [0, 0.1) is 6.92 Å². The number of rotatable bonds is 6. The van der Waals surface area contributed by atoms with E-state index < -0.39 is 22.6 Å². The van der Waals surface area contributed by atoms with E-state index in [0.29, 0.717) is 11.4 Å². The van der Waals surface area contributed by atoms with E-state index in [4.69, 9.17) is 9.84 Å². The molecule has 1 aromatic heterocycles. The van der Waals surface area contributed by atoms with Crippen LogP contribution in [0.5, 0.6) is 5.75 Å². The first-order chi connectivity index (χ1) is 12.8. The lowest BCUT2D eigenvalue weighted by atomic mass is 10.2. The van der Waals surface area contributed by atoms with E-state index >= 15 is 0 Å². The summed E-state index contributed by atoms with van der Waals surface area (Å²) in [6, 6.07) is 13.2. The molecule has 0 spiro atoms. The van der Waals surface area contributed by atoms with Gasteiger partial charge in [-0.2, -0.15) is 8.42 Å². The van der Waals surface area contributed by atoms with Gasteiger partial charge in [0.1, 0.15) is 5.75 Å². The fourth-order valence-corrected chi connectivity index (χ4v) is 4.20. The molecule has 7 nitrogen and oxygen atoms in total. The number of thiazole rings is 1. The summed E-state index contributed by atoms with van der Waals surface area (Å²) >= 11 is 1.18. The topological polar surface area (TPSA) is 98.0 Å². The van der Waals surface area contributed by atoms with Crippen molar-refractivity contribution in [1.29, 1.82) is 0 Å². The molecule has 0 bridgehead atoms. The molecule has 0 amide bonds. The first-order valence-corrected chi connectivity index (χ1v) is 10.2. The highest BCUT2D eigenvalue weighted by molar-refractivity contribution is 7.90. The fraction of sp³-hybridized carbons (Fsp3) is 0.111. The van der Waals surface area contributed by atoms with Gasteiger partial charge in [0.2, 0.25) is 4.80 Å². The van der Waals surface area contributed by atoms with Gasteiger partial charge in [0.05, 0.1) is 10.6 Å². The second-order valence-corrected chi connectivity index (χ2v) is 8.09. The van der Waals surface area contributed by atoms with Crippen LogP contribution >= 0.6 is 11.3 Å². The molecule has 0 unspecified atom stereocenters. The number of ether oxygens (including phenoxy) is 1. The second-order valence-electron chi connectivity index (χ2n) is 5.61. The maximum Gasteiger partial charge on any atom is 0.341 e. The molecule has 2 aromatic carbocycles. The minimum Gasteiger partial charge on any atom is -0.482 e. The van der Waals surface area contributed by atoms with Gasteiger partial charge in [0.25, 0.3) is 10.0 Å². The molecule has 0 atom stereocenters. The normalized spacial score (nSPS) is 12.1. The summed E-state index contributed by atoms with van der Waals surface area (Å²) in [6.07, 6.45) is 1.68. The molecule has 3 aromatic rings. The van der Waals surface area contributed by atoms with Crippen LogP contribution in [0.4, 0.5) is 0 Å². The molecular formula is C18H16N2O5S2. The summed E-state index contributed by atoms with van der Waals surface area (Å²) < 4.78 is 35.9. The van der Waals surface area contributed by atoms with Gasteiger partial charge in [0, 0.05) is 17.6 Å². The summed E-state index contributed by atoms with van der Waals surface area (Å²) in [5.41, 5.74) is 1.57. The van der Waals surface area contributed by atoms with Crippen LogP contribution in [0.25, 0.3) is 5.69 Å². The Morgan fingerprint density at radius 3 is 2.67 bits per heavy atom. The van der Waals surface area contributed by atoms with Crippen LogP contribution in [0.2, 0.25) is 0 Å². The van der Waals surface area contributed by atoms with E-state index in [0.717, 1.165) is 5.56 Å². The van der Waals surface area contributed by atoms with Gasteiger partial charge in [-0.05, 0) is 31.2 Å². The lowest BCUT2D eigenvalue weighted by molar-refractivity contribution is -0.139. The molecule has 1 heterocycles. The van der Waals surface area contributed by atoms with Gasteiger partial charge >= 0.3 is 5.97 Å². The number of carbonyl (C=O) groups is 1. The quantitative estimate of drug-likeness (QED) is 0.681. The number of benzene rings is 2. The zero-order valence-corrected chi connectivity index (χ0v) is 15.9. The number of aliphatic carboxylic acids is 1. The van der Waals surface area contributed by atoms with Crippen molar-refractivity contribution in [3.8, 4) is 11.4 Å². The van der Waals surface area contributed by atoms with E-state index in [1.807, 2.05) is 6.92 Å². The number of aromatic nitrogens is 1. The Labute approximate surface area is 159 Å². The molecule has 0 saturated carbocycles. The molecule has 9 heteroatoms. The summed E-state index contributed by atoms with van der Waals surface area (Å²) in [7, 11) is -3.86. The van der Waals surface area contributed by atoms with Crippen LogP contribution in [0.15, 0.2) is 69.4 Å². The van der Waals surface area contributed by atoms with E-state index in [-0.39, 0.29) is 9.70 Å². The highest BCUT2D eigenvalue weighted by Crippen LogP contribution is 2.17. The van der Waals surface area contributed by atoms with Crippen LogP contribution in [0.3, 0.4) is 0 Å². The smallest absolute Gasteiger partial charge is 0.341 e. The Hall–Kier alpha value is -2.91. The Bertz CT molecular complexity index is 1130. The molecule has 140 valence electrons. The first-order valence-electron chi connectivity index (χ1n) is 7.84. The standard InChI is InChI=1S/C18H16N2O5S2/c1-13-5-7-16(8-6-13)27(23,24)19-18-20(9-10-26-18)14-3-2-4-15(11-14)25-12-17(21)22/h2-11H,12H2,1H3,(H,21,22)/b19-18-. The van der Waals surface area contributed by atoms with Crippen molar-refractivity contribution in [1.82, 2.24) is 4.57 Å². The third kappa shape index (κ3) is 4.63. The molecule has 27 heavy (non-hydrogen) atoms. The van der Waals surface area contributed by atoms with E-state index in [1.54, 1.807) is 52.5 Å². The maximum atomic E-state index is 12.6. The predicted molar refractivity (Wildman–Crippen MR) is 101 cm³/mol. The fourth-order valence-electron chi connectivity index (χ4n) is 2.27. The van der Waals surface area contributed by atoms with Gasteiger partial charge in [-0.15, -0.1) is 15.7 Å². The third-order valence-corrected chi connectivity index (χ3v) is 5.72. The van der Waals surface area contributed by atoms with Crippen LogP contribution < -0.4 is 9.54 Å². The molecule has 3 rings (SSSR count). The van der Waals surface area contributed by atoms with Gasteiger partial charge in [-0.1, -0.05) is 23.8 Å². The number of carboxylic acids is 1. The molecular weight excluding hydrogens is 388 g/mol. The van der Waals surface area contributed by atoms with Crippen molar-refractivity contribution >= 4 is 27.3 Å². The molecule has 0 aliphatic heterocycles. The largest absolute Gasteiger partial charge is 0.482 e. The van der Waals surface area contributed by atoms with Gasteiger partial charge in [-0.3, -0.25) is 4.57 Å². The van der Waals surface area contributed by atoms with Gasteiger partial charge in [-0.25, -0.2) is 4.79 Å².